The fourth-order valence-corrected chi connectivity index (χ4v) is 16.1. The van der Waals surface area contributed by atoms with Crippen LogP contribution in [0.2, 0.25) is 16.6 Å². The Labute approximate surface area is 329 Å². The summed E-state index contributed by atoms with van der Waals surface area (Å²) < 4.78 is 54.5. The number of amides is 1. The number of hydrogen-bond acceptors (Lipinski definition) is 7. The molecule has 4 aromatic rings. The zero-order valence-electron chi connectivity index (χ0n) is 33.4. The molecule has 4 saturated heterocycles. The van der Waals surface area contributed by atoms with Gasteiger partial charge in [-0.05, 0) is 60.3 Å². The molecule has 1 spiro atoms. The van der Waals surface area contributed by atoms with Crippen molar-refractivity contribution in [3.8, 4) is 28.7 Å². The number of fused-ring (bicyclic) bond motifs is 3. The third kappa shape index (κ3) is 6.52. The van der Waals surface area contributed by atoms with Crippen LogP contribution in [-0.4, -0.2) is 84.9 Å². The van der Waals surface area contributed by atoms with Gasteiger partial charge in [-0.2, -0.15) is 9.97 Å². The third-order valence-corrected chi connectivity index (χ3v) is 19.8. The smallest absolute Gasteiger partial charge is 0.319 e. The molecule has 296 valence electrons. The Hall–Kier alpha value is -4.21. The van der Waals surface area contributed by atoms with Crippen molar-refractivity contribution in [2.45, 2.75) is 108 Å². The van der Waals surface area contributed by atoms with Gasteiger partial charge in [0.1, 0.15) is 43.7 Å². The minimum Gasteiger partial charge on any atom is -0.461 e. The maximum Gasteiger partial charge on any atom is 0.319 e. The number of halogens is 3. The van der Waals surface area contributed by atoms with Crippen molar-refractivity contribution < 1.29 is 22.7 Å². The van der Waals surface area contributed by atoms with E-state index in [2.05, 4.69) is 68.1 Å². The molecule has 56 heavy (non-hydrogen) atoms. The average molecular weight is 783 g/mol. The van der Waals surface area contributed by atoms with Crippen LogP contribution in [0, 0.1) is 28.5 Å². The Morgan fingerprint density at radius 1 is 1.02 bits per heavy atom. The van der Waals surface area contributed by atoms with Gasteiger partial charge in [0.15, 0.2) is 5.82 Å². The number of hydrogen-bond donors (Lipinski definition) is 1. The Morgan fingerprint density at radius 2 is 1.79 bits per heavy atom. The third-order valence-electron chi connectivity index (χ3n) is 13.6. The van der Waals surface area contributed by atoms with Gasteiger partial charge in [-0.1, -0.05) is 71.7 Å². The van der Waals surface area contributed by atoms with Gasteiger partial charge in [-0.25, -0.2) is 13.2 Å². The normalized spacial score (nSPS) is 24.2. The molecule has 12 heteroatoms. The summed E-state index contributed by atoms with van der Waals surface area (Å²) in [6.07, 6.45) is 4.98. The van der Waals surface area contributed by atoms with Crippen LogP contribution in [0.15, 0.2) is 36.5 Å². The van der Waals surface area contributed by atoms with Crippen molar-refractivity contribution in [2.24, 2.45) is 5.41 Å². The first-order valence-electron chi connectivity index (χ1n) is 20.4. The van der Waals surface area contributed by atoms with E-state index in [1.807, 2.05) is 12.1 Å². The van der Waals surface area contributed by atoms with E-state index in [1.54, 1.807) is 18.3 Å². The highest BCUT2D eigenvalue weighted by atomic mass is 28.3. The second kappa shape index (κ2) is 14.6. The molecule has 8 rings (SSSR count). The molecule has 2 aromatic carbocycles. The number of rotatable bonds is 8. The maximum absolute atomic E-state index is 17.4. The van der Waals surface area contributed by atoms with Crippen molar-refractivity contribution >= 4 is 41.5 Å². The lowest BCUT2D eigenvalue weighted by atomic mass is 9.79. The maximum atomic E-state index is 17.4. The van der Waals surface area contributed by atoms with Crippen LogP contribution < -0.4 is 15.0 Å². The van der Waals surface area contributed by atoms with E-state index in [4.69, 9.17) is 19.7 Å². The van der Waals surface area contributed by atoms with Crippen molar-refractivity contribution in [1.29, 1.82) is 0 Å². The van der Waals surface area contributed by atoms with Gasteiger partial charge in [0, 0.05) is 61.6 Å². The minimum absolute atomic E-state index is 0.0141. The number of carbonyl (C=O) groups is 1. The van der Waals surface area contributed by atoms with E-state index in [1.165, 1.54) is 6.07 Å². The second-order valence-corrected chi connectivity index (χ2v) is 23.4. The van der Waals surface area contributed by atoms with E-state index in [0.717, 1.165) is 37.6 Å². The zero-order chi connectivity index (χ0) is 39.6. The number of ether oxygens (including phenoxy) is 1. The first-order valence-corrected chi connectivity index (χ1v) is 22.6. The minimum atomic E-state index is -2.24. The Morgan fingerprint density at radius 3 is 2.52 bits per heavy atom. The molecule has 2 aromatic heterocycles. The largest absolute Gasteiger partial charge is 0.461 e. The number of benzene rings is 2. The van der Waals surface area contributed by atoms with Crippen LogP contribution in [-0.2, 0) is 4.79 Å². The Bertz CT molecular complexity index is 2240. The summed E-state index contributed by atoms with van der Waals surface area (Å²) in [5.74, 6) is 2.73. The van der Waals surface area contributed by atoms with E-state index < -0.39 is 31.4 Å². The number of alkyl halides is 1. The number of carbonyl (C=O) groups excluding carboxylic acids is 1. The fourth-order valence-electron chi connectivity index (χ4n) is 10.9. The topological polar surface area (TPSA) is 83.5 Å². The summed E-state index contributed by atoms with van der Waals surface area (Å²) in [4.78, 5) is 31.0. The molecule has 0 radical (unpaired) electrons. The summed E-state index contributed by atoms with van der Waals surface area (Å²) in [6, 6.07) is 8.63. The SMILES string of the molecule is CC(C)[Si](C#Cc1c(F)ccc2cccc(-c3ncc4c(N5CCCC6(CNC(=O)C6)C5)nc(OC[C@@]56CCCN5C[C@H](F)C6)nc4c3F)c12)(C(C)C)C(C)C. The summed E-state index contributed by atoms with van der Waals surface area (Å²) in [7, 11) is -2.24. The number of nitrogens with one attached hydrogen (secondary N) is 1. The van der Waals surface area contributed by atoms with E-state index >= 15 is 8.78 Å². The highest BCUT2D eigenvalue weighted by molar-refractivity contribution is 6.90. The molecule has 3 atom stereocenters. The highest BCUT2D eigenvalue weighted by Gasteiger charge is 2.50. The van der Waals surface area contributed by atoms with E-state index in [9.17, 15) is 9.18 Å². The van der Waals surface area contributed by atoms with Gasteiger partial charge in [0.25, 0.3) is 0 Å². The molecule has 1 unspecified atom stereocenters. The monoisotopic (exact) mass is 782 g/mol. The summed E-state index contributed by atoms with van der Waals surface area (Å²) in [5, 5.41) is 4.66. The van der Waals surface area contributed by atoms with Gasteiger partial charge >= 0.3 is 6.01 Å². The van der Waals surface area contributed by atoms with Crippen molar-refractivity contribution in [2.75, 3.05) is 44.2 Å². The lowest BCUT2D eigenvalue weighted by molar-refractivity contribution is -0.119. The van der Waals surface area contributed by atoms with Crippen molar-refractivity contribution in [3.63, 3.8) is 0 Å². The average Bonchev–Trinajstić information content (AvgIpc) is 3.81. The molecule has 8 nitrogen and oxygen atoms in total. The van der Waals surface area contributed by atoms with E-state index in [0.29, 0.717) is 77.8 Å². The molecular weight excluding hydrogens is 730 g/mol. The van der Waals surface area contributed by atoms with E-state index in [-0.39, 0.29) is 40.7 Å². The van der Waals surface area contributed by atoms with Gasteiger partial charge in [-0.15, -0.1) is 5.54 Å². The lowest BCUT2D eigenvalue weighted by Gasteiger charge is -2.40. The number of anilines is 1. The molecule has 1 amide bonds. The summed E-state index contributed by atoms with van der Waals surface area (Å²) >= 11 is 0. The van der Waals surface area contributed by atoms with Crippen LogP contribution in [0.25, 0.3) is 32.9 Å². The second-order valence-electron chi connectivity index (χ2n) is 17.8. The zero-order valence-corrected chi connectivity index (χ0v) is 34.4. The first-order chi connectivity index (χ1) is 26.8. The van der Waals surface area contributed by atoms with Crippen LogP contribution in [0.1, 0.15) is 85.6 Å². The molecule has 4 aliphatic rings. The van der Waals surface area contributed by atoms with Crippen LogP contribution in [0.5, 0.6) is 6.01 Å². The standard InChI is InChI=1S/C44H53F3N6O2Si/c1-27(2)56(28(3)4,29(5)6)19-14-32-35(46)13-12-30-10-7-11-33(37(30)32)39-38(47)40-34(22-48-39)41(52-17-8-15-43(25-52)21-36(54)49-24-43)51-42(50-40)55-26-44-16-9-18-53(44)23-31(45)20-44/h7,10-13,22,27-29,31H,8-9,15-18,20-21,23-26H2,1-6H3,(H,49,54)/t31-,43?,44+/m1/s1. The van der Waals surface area contributed by atoms with Gasteiger partial charge in [-0.3, -0.25) is 14.7 Å². The Kier molecular flexibility index (Phi) is 10.1. The van der Waals surface area contributed by atoms with Crippen LogP contribution in [0.4, 0.5) is 19.0 Å². The van der Waals surface area contributed by atoms with Crippen LogP contribution in [0.3, 0.4) is 0 Å². The number of piperidine rings is 1. The molecule has 0 aliphatic carbocycles. The quantitative estimate of drug-likeness (QED) is 0.141. The number of pyridine rings is 1. The fraction of sp³-hybridized carbons (Fsp3) is 0.545. The summed E-state index contributed by atoms with van der Waals surface area (Å²) in [5.41, 5.74) is 4.75. The number of aromatic nitrogens is 3. The molecule has 4 aliphatic heterocycles. The molecule has 6 heterocycles. The van der Waals surface area contributed by atoms with Gasteiger partial charge in [0.2, 0.25) is 5.91 Å². The van der Waals surface area contributed by atoms with Crippen molar-refractivity contribution in [1.82, 2.24) is 25.2 Å². The first kappa shape index (κ1) is 38.7. The predicted octanol–water partition coefficient (Wildman–Crippen LogP) is 8.75. The Balaban J connectivity index is 1.27. The molecule has 4 fully saturated rings. The molecule has 0 bridgehead atoms. The van der Waals surface area contributed by atoms with Gasteiger partial charge in [0.05, 0.1) is 16.5 Å². The van der Waals surface area contributed by atoms with Gasteiger partial charge < -0.3 is 15.0 Å². The van der Waals surface area contributed by atoms with Crippen molar-refractivity contribution in [3.05, 3.63) is 53.7 Å². The molecule has 0 saturated carbocycles. The summed E-state index contributed by atoms with van der Waals surface area (Å²) in [6.45, 7) is 16.5. The highest BCUT2D eigenvalue weighted by Crippen LogP contribution is 2.44. The van der Waals surface area contributed by atoms with Crippen LogP contribution >= 0.6 is 0 Å². The molecular formula is C44H53F3N6O2Si. The number of nitrogens with zero attached hydrogens (tertiary/aromatic N) is 5. The predicted molar refractivity (Wildman–Crippen MR) is 218 cm³/mol. The molecule has 1 N–H and O–H groups in total. The lowest BCUT2D eigenvalue weighted by Crippen LogP contribution is -2.45.